The fourth-order valence-corrected chi connectivity index (χ4v) is 3.48. The van der Waals surface area contributed by atoms with E-state index in [1.165, 1.54) is 6.07 Å². The molecule has 0 atom stereocenters. The normalized spacial score (nSPS) is 14.7. The van der Waals surface area contributed by atoms with Crippen LogP contribution in [0, 0.1) is 0 Å². The van der Waals surface area contributed by atoms with Crippen LogP contribution in [-0.2, 0) is 0 Å². The lowest BCUT2D eigenvalue weighted by Crippen LogP contribution is -2.43. The number of aromatic amines is 1. The Hall–Kier alpha value is -3.32. The van der Waals surface area contributed by atoms with Crippen molar-refractivity contribution in [3.05, 3.63) is 59.0 Å². The van der Waals surface area contributed by atoms with Gasteiger partial charge in [-0.3, -0.25) is 4.79 Å². The molecule has 1 aliphatic heterocycles. The Kier molecular flexibility index (Phi) is 3.79. The maximum atomic E-state index is 11.5. The fraction of sp³-hybridized carbons (Fsp3) is 0.200. The second-order valence-corrected chi connectivity index (χ2v) is 6.65. The number of anilines is 3. The largest absolute Gasteiger partial charge is 0.454 e. The van der Waals surface area contributed by atoms with E-state index in [2.05, 4.69) is 31.6 Å². The third-order valence-electron chi connectivity index (χ3n) is 4.87. The van der Waals surface area contributed by atoms with Crippen molar-refractivity contribution in [3.8, 4) is 0 Å². The molecule has 7 heteroatoms. The van der Waals surface area contributed by atoms with Crippen LogP contribution in [0.1, 0.15) is 0 Å². The van der Waals surface area contributed by atoms with Gasteiger partial charge >= 0.3 is 0 Å². The van der Waals surface area contributed by atoms with Crippen LogP contribution >= 0.6 is 0 Å². The van der Waals surface area contributed by atoms with Crippen LogP contribution in [0.2, 0.25) is 0 Å². The monoisotopic (exact) mass is 361 g/mol. The lowest BCUT2D eigenvalue weighted by atomic mass is 10.2. The molecule has 7 nitrogen and oxygen atoms in total. The Morgan fingerprint density at radius 2 is 1.93 bits per heavy atom. The van der Waals surface area contributed by atoms with E-state index in [0.717, 1.165) is 54.3 Å². The molecule has 4 heterocycles. The number of nitrogens with one attached hydrogen (secondary N) is 3. The van der Waals surface area contributed by atoms with E-state index >= 15 is 0 Å². The number of rotatable bonds is 3. The van der Waals surface area contributed by atoms with Crippen LogP contribution in [0.15, 0.2) is 58.0 Å². The highest BCUT2D eigenvalue weighted by atomic mass is 16.3. The minimum atomic E-state index is -0.0577. The Morgan fingerprint density at radius 3 is 2.74 bits per heavy atom. The first-order valence-corrected chi connectivity index (χ1v) is 9.00. The lowest BCUT2D eigenvalue weighted by molar-refractivity contribution is 0.589. The number of furan rings is 1. The summed E-state index contributed by atoms with van der Waals surface area (Å²) < 4.78 is 5.74. The van der Waals surface area contributed by atoms with Crippen LogP contribution in [0.4, 0.5) is 17.3 Å². The Bertz CT molecular complexity index is 1160. The average Bonchev–Trinajstić information content (AvgIpc) is 3.06. The van der Waals surface area contributed by atoms with Crippen LogP contribution in [-0.4, -0.2) is 36.1 Å². The van der Waals surface area contributed by atoms with Gasteiger partial charge in [0.25, 0.3) is 0 Å². The van der Waals surface area contributed by atoms with Gasteiger partial charge in [-0.15, -0.1) is 0 Å². The van der Waals surface area contributed by atoms with Gasteiger partial charge in [0.1, 0.15) is 17.2 Å². The van der Waals surface area contributed by atoms with Crippen molar-refractivity contribution in [1.82, 2.24) is 15.3 Å². The van der Waals surface area contributed by atoms with Crippen molar-refractivity contribution >= 4 is 39.3 Å². The molecule has 4 aromatic rings. The third-order valence-corrected chi connectivity index (χ3v) is 4.87. The van der Waals surface area contributed by atoms with Crippen molar-refractivity contribution in [3.63, 3.8) is 0 Å². The lowest BCUT2D eigenvalue weighted by Gasteiger charge is -2.29. The predicted octanol–water partition coefficient (Wildman–Crippen LogP) is 2.82. The summed E-state index contributed by atoms with van der Waals surface area (Å²) in [6, 6.07) is 10.9. The molecule has 0 aliphatic carbocycles. The SMILES string of the molecule is O=c1ccc2c(c1)oc1c[nH]c(Nc3ccc(N4CCNCC4)cn3)cc12. The van der Waals surface area contributed by atoms with Gasteiger partial charge in [0.05, 0.1) is 11.9 Å². The van der Waals surface area contributed by atoms with Crippen molar-refractivity contribution in [2.24, 2.45) is 0 Å². The molecule has 0 unspecified atom stereocenters. The molecule has 1 aromatic carbocycles. The Labute approximate surface area is 155 Å². The quantitative estimate of drug-likeness (QED) is 0.520. The number of pyridine rings is 2. The highest BCUT2D eigenvalue weighted by Gasteiger charge is 2.11. The first kappa shape index (κ1) is 15.9. The molecular weight excluding hydrogens is 342 g/mol. The summed E-state index contributed by atoms with van der Waals surface area (Å²) in [4.78, 5) is 21.5. The van der Waals surface area contributed by atoms with E-state index in [0.29, 0.717) is 11.2 Å². The van der Waals surface area contributed by atoms with Gasteiger partial charge in [0.2, 0.25) is 0 Å². The van der Waals surface area contributed by atoms with Gasteiger partial charge < -0.3 is 24.9 Å². The molecule has 0 amide bonds. The Morgan fingerprint density at radius 1 is 1.04 bits per heavy atom. The highest BCUT2D eigenvalue weighted by Crippen LogP contribution is 2.29. The second kappa shape index (κ2) is 6.44. The number of fused-ring (bicyclic) bond motifs is 3. The summed E-state index contributed by atoms with van der Waals surface area (Å²) in [6.07, 6.45) is 3.69. The molecule has 0 saturated carbocycles. The van der Waals surface area contributed by atoms with Crippen molar-refractivity contribution in [2.45, 2.75) is 0 Å². The summed E-state index contributed by atoms with van der Waals surface area (Å²) in [5.41, 5.74) is 2.39. The number of benzene rings is 1. The summed E-state index contributed by atoms with van der Waals surface area (Å²) in [7, 11) is 0. The molecule has 1 aliphatic rings. The molecule has 1 fully saturated rings. The molecule has 5 rings (SSSR count). The van der Waals surface area contributed by atoms with Crippen molar-refractivity contribution in [2.75, 3.05) is 36.4 Å². The molecule has 0 spiro atoms. The van der Waals surface area contributed by atoms with Crippen molar-refractivity contribution < 1.29 is 4.42 Å². The number of nitrogens with zero attached hydrogens (tertiary/aromatic N) is 2. The number of hydrogen-bond acceptors (Lipinski definition) is 6. The predicted molar refractivity (Wildman–Crippen MR) is 107 cm³/mol. The summed E-state index contributed by atoms with van der Waals surface area (Å²) in [6.45, 7) is 4.00. The zero-order valence-corrected chi connectivity index (χ0v) is 14.7. The molecule has 0 bridgehead atoms. The third kappa shape index (κ3) is 3.02. The molecule has 1 saturated heterocycles. The molecule has 27 heavy (non-hydrogen) atoms. The molecule has 0 radical (unpaired) electrons. The van der Waals surface area contributed by atoms with Gasteiger partial charge in [-0.05, 0) is 30.3 Å². The minimum absolute atomic E-state index is 0.0577. The van der Waals surface area contributed by atoms with Crippen LogP contribution in [0.3, 0.4) is 0 Å². The van der Waals surface area contributed by atoms with Gasteiger partial charge in [-0.25, -0.2) is 4.98 Å². The van der Waals surface area contributed by atoms with Crippen LogP contribution < -0.4 is 21.0 Å². The first-order chi connectivity index (χ1) is 13.3. The van der Waals surface area contributed by atoms with Gasteiger partial charge in [-0.1, -0.05) is 0 Å². The smallest absolute Gasteiger partial charge is 0.182 e. The molecule has 3 aromatic heterocycles. The van der Waals surface area contributed by atoms with Gasteiger partial charge in [0.15, 0.2) is 11.0 Å². The fourth-order valence-electron chi connectivity index (χ4n) is 3.48. The van der Waals surface area contributed by atoms with Gasteiger partial charge in [-0.2, -0.15) is 0 Å². The van der Waals surface area contributed by atoms with Crippen LogP contribution in [0.5, 0.6) is 0 Å². The van der Waals surface area contributed by atoms with Crippen LogP contribution in [0.25, 0.3) is 21.9 Å². The number of aromatic nitrogens is 2. The van der Waals surface area contributed by atoms with E-state index in [1.54, 1.807) is 18.3 Å². The van der Waals surface area contributed by atoms with Crippen molar-refractivity contribution in [1.29, 1.82) is 0 Å². The van der Waals surface area contributed by atoms with Gasteiger partial charge in [0, 0.05) is 49.2 Å². The number of hydrogen-bond donors (Lipinski definition) is 3. The highest BCUT2D eigenvalue weighted by molar-refractivity contribution is 6.05. The second-order valence-electron chi connectivity index (χ2n) is 6.65. The minimum Gasteiger partial charge on any atom is -0.454 e. The van der Waals surface area contributed by atoms with E-state index in [9.17, 15) is 4.79 Å². The maximum absolute atomic E-state index is 11.5. The van der Waals surface area contributed by atoms with E-state index in [-0.39, 0.29) is 5.43 Å². The summed E-state index contributed by atoms with van der Waals surface area (Å²) >= 11 is 0. The van der Waals surface area contributed by atoms with E-state index in [4.69, 9.17) is 4.42 Å². The van der Waals surface area contributed by atoms with E-state index < -0.39 is 0 Å². The zero-order valence-electron chi connectivity index (χ0n) is 14.7. The molecule has 136 valence electrons. The molecular formula is C20H19N5O2. The Balaban J connectivity index is 1.42. The number of piperazine rings is 1. The summed E-state index contributed by atoms with van der Waals surface area (Å²) in [5, 5.41) is 8.51. The standard InChI is InChI=1S/C20H19N5O2/c26-14-2-3-15-16-10-20(23-12-18(16)27-17(15)9-14)24-19-4-1-13(11-22-19)25-7-5-21-6-8-25/h1-4,9-12,21,23H,5-8H2,(H,22,24). The maximum Gasteiger partial charge on any atom is 0.182 e. The average molecular weight is 361 g/mol. The molecule has 3 N–H and O–H groups in total. The zero-order chi connectivity index (χ0) is 18.2. The number of H-pyrrole nitrogens is 1. The first-order valence-electron chi connectivity index (χ1n) is 9.00. The van der Waals surface area contributed by atoms with E-state index in [1.807, 2.05) is 18.3 Å². The topological polar surface area (TPSA) is 86.2 Å². The summed E-state index contributed by atoms with van der Waals surface area (Å²) in [5.74, 6) is 1.57.